The summed E-state index contributed by atoms with van der Waals surface area (Å²) in [5, 5.41) is 0. The summed E-state index contributed by atoms with van der Waals surface area (Å²) in [7, 11) is 0. The van der Waals surface area contributed by atoms with Crippen LogP contribution in [0, 0.1) is 5.82 Å². The molecule has 2 rings (SSSR count). The lowest BCUT2D eigenvalue weighted by Gasteiger charge is -2.03. The molecule has 1 aromatic heterocycles. The smallest absolute Gasteiger partial charge is 0.170 e. The maximum atomic E-state index is 13.0. The molecule has 2 aromatic rings. The Kier molecular flexibility index (Phi) is 3.45. The third-order valence-corrected chi connectivity index (χ3v) is 3.51. The summed E-state index contributed by atoms with van der Waals surface area (Å²) in [6, 6.07) is 7.29. The molecule has 0 aliphatic heterocycles. The Hall–Kier alpha value is -1.39. The first kappa shape index (κ1) is 12.1. The average Bonchev–Trinajstić information content (AvgIpc) is 2.67. The van der Waals surface area contributed by atoms with E-state index < -0.39 is 5.82 Å². The van der Waals surface area contributed by atoms with E-state index in [1.807, 2.05) is 0 Å². The van der Waals surface area contributed by atoms with Crippen LogP contribution in [0.25, 0.3) is 0 Å². The van der Waals surface area contributed by atoms with Crippen LogP contribution < -0.4 is 5.73 Å². The quantitative estimate of drug-likeness (QED) is 0.684. The Morgan fingerprint density at radius 1 is 1.35 bits per heavy atom. The molecule has 5 heteroatoms. The van der Waals surface area contributed by atoms with E-state index in [-0.39, 0.29) is 17.8 Å². The van der Waals surface area contributed by atoms with Crippen LogP contribution in [0.3, 0.4) is 0 Å². The van der Waals surface area contributed by atoms with Crippen molar-refractivity contribution in [2.24, 2.45) is 0 Å². The van der Waals surface area contributed by atoms with Crippen LogP contribution in [0.2, 0.25) is 4.34 Å². The number of hydrogen-bond donors (Lipinski definition) is 1. The van der Waals surface area contributed by atoms with Gasteiger partial charge in [0, 0.05) is 22.5 Å². The van der Waals surface area contributed by atoms with Gasteiger partial charge in [0.05, 0.1) is 4.34 Å². The summed E-state index contributed by atoms with van der Waals surface area (Å²) < 4.78 is 13.6. The Morgan fingerprint density at radius 2 is 2.12 bits per heavy atom. The van der Waals surface area contributed by atoms with E-state index in [2.05, 4.69) is 0 Å². The summed E-state index contributed by atoms with van der Waals surface area (Å²) >= 11 is 7.10. The first-order valence-electron chi connectivity index (χ1n) is 4.88. The molecule has 2 N–H and O–H groups in total. The van der Waals surface area contributed by atoms with Crippen molar-refractivity contribution < 1.29 is 9.18 Å². The molecule has 0 saturated heterocycles. The maximum Gasteiger partial charge on any atom is 0.170 e. The molecule has 1 heterocycles. The lowest BCUT2D eigenvalue weighted by atomic mass is 10.1. The lowest BCUT2D eigenvalue weighted by molar-refractivity contribution is 0.0994. The number of rotatable bonds is 3. The number of anilines is 1. The van der Waals surface area contributed by atoms with Crippen LogP contribution in [0.1, 0.15) is 15.2 Å². The minimum Gasteiger partial charge on any atom is -0.398 e. The second-order valence-electron chi connectivity index (χ2n) is 3.54. The predicted molar refractivity (Wildman–Crippen MR) is 68.2 cm³/mol. The van der Waals surface area contributed by atoms with Crippen LogP contribution >= 0.6 is 22.9 Å². The molecule has 0 radical (unpaired) electrons. The molecule has 0 bridgehead atoms. The molecular formula is C12H9ClFNOS. The number of thiophene rings is 1. The SMILES string of the molecule is Nc1ccc(F)cc1C(=O)Cc1ccc(Cl)s1. The molecular weight excluding hydrogens is 261 g/mol. The number of nitrogens with two attached hydrogens (primary N) is 1. The molecule has 0 spiro atoms. The van der Waals surface area contributed by atoms with Crippen molar-refractivity contribution in [2.75, 3.05) is 5.73 Å². The maximum absolute atomic E-state index is 13.0. The number of benzene rings is 1. The Labute approximate surface area is 107 Å². The number of halogens is 2. The highest BCUT2D eigenvalue weighted by Gasteiger charge is 2.12. The topological polar surface area (TPSA) is 43.1 Å². The third kappa shape index (κ3) is 2.84. The number of ketones is 1. The highest BCUT2D eigenvalue weighted by Crippen LogP contribution is 2.24. The van der Waals surface area contributed by atoms with Crippen LogP contribution in [0.15, 0.2) is 30.3 Å². The average molecular weight is 270 g/mol. The fourth-order valence-corrected chi connectivity index (χ4v) is 2.56. The van der Waals surface area contributed by atoms with Crippen molar-refractivity contribution in [1.29, 1.82) is 0 Å². The minimum absolute atomic E-state index is 0.186. The first-order valence-corrected chi connectivity index (χ1v) is 6.08. The van der Waals surface area contributed by atoms with E-state index in [0.717, 1.165) is 10.9 Å². The molecule has 0 amide bonds. The van der Waals surface area contributed by atoms with Gasteiger partial charge >= 0.3 is 0 Å². The van der Waals surface area contributed by atoms with Gasteiger partial charge in [-0.3, -0.25) is 4.79 Å². The number of carbonyl (C=O) groups is 1. The van der Waals surface area contributed by atoms with Gasteiger partial charge in [-0.2, -0.15) is 0 Å². The molecule has 1 aromatic carbocycles. The summed E-state index contributed by atoms with van der Waals surface area (Å²) in [5.74, 6) is -0.674. The van der Waals surface area contributed by atoms with Crippen LogP contribution in [0.5, 0.6) is 0 Å². The third-order valence-electron chi connectivity index (χ3n) is 2.28. The normalized spacial score (nSPS) is 10.5. The molecule has 0 aliphatic carbocycles. The zero-order valence-corrected chi connectivity index (χ0v) is 10.3. The van der Waals surface area contributed by atoms with Gasteiger partial charge in [-0.15, -0.1) is 11.3 Å². The zero-order chi connectivity index (χ0) is 12.4. The first-order chi connectivity index (χ1) is 8.06. The fourth-order valence-electron chi connectivity index (χ4n) is 1.47. The lowest BCUT2D eigenvalue weighted by Crippen LogP contribution is -2.06. The summed E-state index contributed by atoms with van der Waals surface area (Å²) in [6.07, 6.45) is 0.186. The predicted octanol–water partition coefficient (Wildman–Crippen LogP) is 3.55. The van der Waals surface area contributed by atoms with E-state index in [0.29, 0.717) is 10.0 Å². The van der Waals surface area contributed by atoms with Gasteiger partial charge in [-0.25, -0.2) is 4.39 Å². The fraction of sp³-hybridized carbons (Fsp3) is 0.0833. The Balaban J connectivity index is 2.22. The number of carbonyl (C=O) groups excluding carboxylic acids is 1. The van der Waals surface area contributed by atoms with E-state index in [1.165, 1.54) is 23.5 Å². The van der Waals surface area contributed by atoms with Crippen molar-refractivity contribution in [3.05, 3.63) is 50.9 Å². The molecule has 0 aliphatic rings. The second kappa shape index (κ2) is 4.85. The van der Waals surface area contributed by atoms with Gasteiger partial charge < -0.3 is 5.73 Å². The van der Waals surface area contributed by atoms with Gasteiger partial charge in [-0.1, -0.05) is 11.6 Å². The van der Waals surface area contributed by atoms with E-state index >= 15 is 0 Å². The van der Waals surface area contributed by atoms with Crippen molar-refractivity contribution in [2.45, 2.75) is 6.42 Å². The summed E-state index contributed by atoms with van der Waals surface area (Å²) in [4.78, 5) is 12.8. The van der Waals surface area contributed by atoms with Gasteiger partial charge in [0.15, 0.2) is 5.78 Å². The Bertz CT molecular complexity index is 567. The number of nitrogen functional groups attached to an aromatic ring is 1. The van der Waals surface area contributed by atoms with Gasteiger partial charge in [0.1, 0.15) is 5.82 Å². The van der Waals surface area contributed by atoms with E-state index in [1.54, 1.807) is 12.1 Å². The van der Waals surface area contributed by atoms with Gasteiger partial charge in [0.2, 0.25) is 0 Å². The highest BCUT2D eigenvalue weighted by molar-refractivity contribution is 7.16. The van der Waals surface area contributed by atoms with Crippen molar-refractivity contribution in [3.8, 4) is 0 Å². The minimum atomic E-state index is -0.466. The van der Waals surface area contributed by atoms with Crippen molar-refractivity contribution in [1.82, 2.24) is 0 Å². The Morgan fingerprint density at radius 3 is 2.76 bits per heavy atom. The zero-order valence-electron chi connectivity index (χ0n) is 8.74. The van der Waals surface area contributed by atoms with Gasteiger partial charge in [-0.05, 0) is 30.3 Å². The van der Waals surface area contributed by atoms with Crippen LogP contribution in [-0.2, 0) is 6.42 Å². The monoisotopic (exact) mass is 269 g/mol. The van der Waals surface area contributed by atoms with Crippen molar-refractivity contribution in [3.63, 3.8) is 0 Å². The summed E-state index contributed by atoms with van der Waals surface area (Å²) in [6.45, 7) is 0. The number of Topliss-reactive ketones (excluding diaryl/α,β-unsaturated/α-hetero) is 1. The largest absolute Gasteiger partial charge is 0.398 e. The van der Waals surface area contributed by atoms with Crippen LogP contribution in [-0.4, -0.2) is 5.78 Å². The number of hydrogen-bond acceptors (Lipinski definition) is 3. The standard InChI is InChI=1S/C12H9ClFNOS/c13-12-4-2-8(17-12)6-11(16)9-5-7(14)1-3-10(9)15/h1-5H,6,15H2. The molecule has 0 unspecified atom stereocenters. The summed E-state index contributed by atoms with van der Waals surface area (Å²) in [5.41, 5.74) is 6.15. The van der Waals surface area contributed by atoms with Gasteiger partial charge in [0.25, 0.3) is 0 Å². The molecule has 0 saturated carbocycles. The molecule has 88 valence electrons. The van der Waals surface area contributed by atoms with Crippen LogP contribution in [0.4, 0.5) is 10.1 Å². The molecule has 0 fully saturated rings. The van der Waals surface area contributed by atoms with Crippen molar-refractivity contribution >= 4 is 34.4 Å². The molecule has 0 atom stereocenters. The van der Waals surface area contributed by atoms with E-state index in [9.17, 15) is 9.18 Å². The highest BCUT2D eigenvalue weighted by atomic mass is 35.5. The molecule has 17 heavy (non-hydrogen) atoms. The van der Waals surface area contributed by atoms with E-state index in [4.69, 9.17) is 17.3 Å². The molecule has 2 nitrogen and oxygen atoms in total. The second-order valence-corrected chi connectivity index (χ2v) is 5.34.